The fourth-order valence-corrected chi connectivity index (χ4v) is 2.02. The van der Waals surface area contributed by atoms with Crippen LogP contribution in [0, 0.1) is 0 Å². The minimum atomic E-state index is -1.64. The number of hydrogen-bond acceptors (Lipinski definition) is 9. The van der Waals surface area contributed by atoms with Crippen LogP contribution in [0.5, 0.6) is 0 Å². The van der Waals surface area contributed by atoms with E-state index in [2.05, 4.69) is 0 Å². The van der Waals surface area contributed by atoms with Crippen LogP contribution in [0.25, 0.3) is 0 Å². The lowest BCUT2D eigenvalue weighted by molar-refractivity contribution is -0.295. The third-order valence-electron chi connectivity index (χ3n) is 2.70. The molecule has 0 amide bonds. The molecule has 0 aromatic rings. The van der Waals surface area contributed by atoms with Crippen molar-refractivity contribution in [2.75, 3.05) is 6.61 Å². The van der Waals surface area contributed by atoms with Gasteiger partial charge in [-0.1, -0.05) is 0 Å². The molecule has 9 nitrogen and oxygen atoms in total. The maximum Gasteiger partial charge on any atom is 0.303 e. The van der Waals surface area contributed by atoms with E-state index in [9.17, 15) is 24.6 Å². The van der Waals surface area contributed by atoms with Crippen molar-refractivity contribution in [3.8, 4) is 0 Å². The Morgan fingerprint density at radius 1 is 0.905 bits per heavy atom. The van der Waals surface area contributed by atoms with Crippen molar-refractivity contribution < 1.29 is 43.5 Å². The number of carbonyl (C=O) groups excluding carboxylic acids is 3. The molecule has 1 saturated heterocycles. The first-order valence-corrected chi connectivity index (χ1v) is 6.22. The molecule has 1 aliphatic heterocycles. The normalized spacial score (nSPS) is 32.1. The van der Waals surface area contributed by atoms with Gasteiger partial charge in [0.15, 0.2) is 24.6 Å². The van der Waals surface area contributed by atoms with E-state index >= 15 is 0 Å². The molecule has 120 valence electrons. The smallest absolute Gasteiger partial charge is 0.303 e. The Hall–Kier alpha value is -1.71. The van der Waals surface area contributed by atoms with Crippen molar-refractivity contribution in [2.45, 2.75) is 51.5 Å². The third kappa shape index (κ3) is 4.66. The van der Waals surface area contributed by atoms with E-state index in [0.29, 0.717) is 0 Å². The van der Waals surface area contributed by atoms with Gasteiger partial charge in [-0.05, 0) is 0 Å². The summed E-state index contributed by atoms with van der Waals surface area (Å²) in [5.41, 5.74) is 0. The Morgan fingerprint density at radius 3 is 1.76 bits per heavy atom. The molecule has 2 N–H and O–H groups in total. The van der Waals surface area contributed by atoms with E-state index in [0.717, 1.165) is 20.8 Å². The van der Waals surface area contributed by atoms with Gasteiger partial charge >= 0.3 is 17.9 Å². The van der Waals surface area contributed by atoms with Crippen molar-refractivity contribution in [2.24, 2.45) is 0 Å². The van der Waals surface area contributed by atoms with Crippen LogP contribution in [0.15, 0.2) is 0 Å². The molecule has 0 aliphatic carbocycles. The second kappa shape index (κ2) is 7.34. The highest BCUT2D eigenvalue weighted by Gasteiger charge is 2.51. The number of aliphatic hydroxyl groups excluding tert-OH is 2. The van der Waals surface area contributed by atoms with Crippen LogP contribution < -0.4 is 0 Å². The molecular formula is C12H18O9. The van der Waals surface area contributed by atoms with Crippen molar-refractivity contribution in [3.05, 3.63) is 0 Å². The largest absolute Gasteiger partial charge is 0.456 e. The zero-order valence-electron chi connectivity index (χ0n) is 11.8. The van der Waals surface area contributed by atoms with Crippen LogP contribution in [0.4, 0.5) is 0 Å². The summed E-state index contributed by atoms with van der Waals surface area (Å²) >= 11 is 0. The molecule has 0 radical (unpaired) electrons. The predicted molar refractivity (Wildman–Crippen MR) is 64.6 cm³/mol. The number of hydrogen-bond donors (Lipinski definition) is 2. The molecule has 1 fully saturated rings. The van der Waals surface area contributed by atoms with Crippen LogP contribution in [-0.4, -0.2) is 65.4 Å². The van der Waals surface area contributed by atoms with E-state index in [1.165, 1.54) is 0 Å². The topological polar surface area (TPSA) is 129 Å². The maximum atomic E-state index is 11.2. The molecule has 21 heavy (non-hydrogen) atoms. The average molecular weight is 306 g/mol. The van der Waals surface area contributed by atoms with Gasteiger partial charge in [0.2, 0.25) is 0 Å². The molecule has 5 atom stereocenters. The van der Waals surface area contributed by atoms with Crippen LogP contribution in [0.1, 0.15) is 20.8 Å². The SMILES string of the molecule is CC(=O)O[C@H]1[C@@H](OC(C)=O)[C@H](O)O[C@@H](CO)[C@H]1OC(C)=O. The van der Waals surface area contributed by atoms with Crippen molar-refractivity contribution >= 4 is 17.9 Å². The highest BCUT2D eigenvalue weighted by atomic mass is 16.7. The summed E-state index contributed by atoms with van der Waals surface area (Å²) in [6.45, 7) is 2.71. The minimum absolute atomic E-state index is 0.598. The van der Waals surface area contributed by atoms with Crippen molar-refractivity contribution in [1.29, 1.82) is 0 Å². The summed E-state index contributed by atoms with van der Waals surface area (Å²) < 4.78 is 19.8. The van der Waals surface area contributed by atoms with Gasteiger partial charge in [0.25, 0.3) is 0 Å². The van der Waals surface area contributed by atoms with E-state index in [1.54, 1.807) is 0 Å². The van der Waals surface area contributed by atoms with Gasteiger partial charge in [0, 0.05) is 20.8 Å². The van der Waals surface area contributed by atoms with Crippen LogP contribution >= 0.6 is 0 Å². The molecule has 1 aliphatic rings. The van der Waals surface area contributed by atoms with E-state index in [1.807, 2.05) is 0 Å². The summed E-state index contributed by atoms with van der Waals surface area (Å²) in [7, 11) is 0. The van der Waals surface area contributed by atoms with E-state index in [-0.39, 0.29) is 0 Å². The lowest BCUT2D eigenvalue weighted by Gasteiger charge is -2.42. The molecule has 0 aromatic heterocycles. The zero-order chi connectivity index (χ0) is 16.2. The molecule has 0 unspecified atom stereocenters. The number of carbonyl (C=O) groups is 3. The van der Waals surface area contributed by atoms with Crippen molar-refractivity contribution in [3.63, 3.8) is 0 Å². The molecule has 1 rings (SSSR count). The quantitative estimate of drug-likeness (QED) is 0.470. The first-order chi connectivity index (χ1) is 9.76. The molecule has 0 aromatic carbocycles. The molecule has 0 spiro atoms. The Bertz CT molecular complexity index is 408. The fourth-order valence-electron chi connectivity index (χ4n) is 2.02. The highest BCUT2D eigenvalue weighted by Crippen LogP contribution is 2.27. The molecule has 9 heteroatoms. The van der Waals surface area contributed by atoms with Crippen molar-refractivity contribution in [1.82, 2.24) is 0 Å². The molecule has 1 heterocycles. The Labute approximate surface area is 120 Å². The predicted octanol–water partition coefficient (Wildman–Crippen LogP) is -1.51. The van der Waals surface area contributed by atoms with Gasteiger partial charge in [-0.2, -0.15) is 0 Å². The van der Waals surface area contributed by atoms with Gasteiger partial charge in [-0.15, -0.1) is 0 Å². The van der Waals surface area contributed by atoms with Gasteiger partial charge in [0.05, 0.1) is 6.61 Å². The monoisotopic (exact) mass is 306 g/mol. The third-order valence-corrected chi connectivity index (χ3v) is 2.70. The summed E-state index contributed by atoms with van der Waals surface area (Å²) in [5, 5.41) is 19.0. The Morgan fingerprint density at radius 2 is 1.33 bits per heavy atom. The number of aliphatic hydroxyl groups is 2. The van der Waals surface area contributed by atoms with Crippen LogP contribution in [-0.2, 0) is 33.3 Å². The zero-order valence-corrected chi connectivity index (χ0v) is 11.8. The second-order valence-corrected chi connectivity index (χ2v) is 4.47. The first kappa shape index (κ1) is 17.3. The standard InChI is InChI=1S/C12H18O9/c1-5(14)18-9-8(4-13)21-12(17)11(20-7(3)16)10(9)19-6(2)15/h8-13,17H,4H2,1-3H3/t8-,9+,10+,11+,12+/m0/s1. The maximum absolute atomic E-state index is 11.2. The lowest BCUT2D eigenvalue weighted by Crippen LogP contribution is -2.62. The fraction of sp³-hybridized carbons (Fsp3) is 0.750. The highest BCUT2D eigenvalue weighted by molar-refractivity contribution is 5.68. The Kier molecular flexibility index (Phi) is 6.06. The van der Waals surface area contributed by atoms with E-state index in [4.69, 9.17) is 18.9 Å². The lowest BCUT2D eigenvalue weighted by atomic mass is 9.98. The van der Waals surface area contributed by atoms with Gasteiger partial charge in [-0.25, -0.2) is 0 Å². The van der Waals surface area contributed by atoms with Gasteiger partial charge in [-0.3, -0.25) is 14.4 Å². The van der Waals surface area contributed by atoms with Crippen LogP contribution in [0.2, 0.25) is 0 Å². The summed E-state index contributed by atoms with van der Waals surface area (Å²) in [6, 6.07) is 0. The number of esters is 3. The van der Waals surface area contributed by atoms with Gasteiger partial charge < -0.3 is 29.2 Å². The molecular weight excluding hydrogens is 288 g/mol. The summed E-state index contributed by atoms with van der Waals surface area (Å²) in [5.74, 6) is -2.19. The number of ether oxygens (including phenoxy) is 4. The molecule has 0 bridgehead atoms. The van der Waals surface area contributed by atoms with Crippen LogP contribution in [0.3, 0.4) is 0 Å². The van der Waals surface area contributed by atoms with Gasteiger partial charge in [0.1, 0.15) is 6.10 Å². The Balaban J connectivity index is 3.08. The summed E-state index contributed by atoms with van der Waals surface area (Å²) in [4.78, 5) is 33.4. The second-order valence-electron chi connectivity index (χ2n) is 4.47. The number of rotatable bonds is 4. The average Bonchev–Trinajstić information content (AvgIpc) is 2.35. The minimum Gasteiger partial charge on any atom is -0.456 e. The van der Waals surface area contributed by atoms with E-state index < -0.39 is 55.2 Å². The molecule has 0 saturated carbocycles. The first-order valence-electron chi connectivity index (χ1n) is 6.22. The summed E-state index contributed by atoms with van der Waals surface area (Å²) in [6.07, 6.45) is -6.65.